The molecule has 178 valence electrons. The number of sulfone groups is 1. The second kappa shape index (κ2) is 7.67. The summed E-state index contributed by atoms with van der Waals surface area (Å²) < 4.78 is 38.1. The van der Waals surface area contributed by atoms with E-state index in [4.69, 9.17) is 9.16 Å². The number of carbonyl (C=O) groups is 2. The van der Waals surface area contributed by atoms with Gasteiger partial charge < -0.3 is 14.1 Å². The molecule has 32 heavy (non-hydrogen) atoms. The highest BCUT2D eigenvalue weighted by molar-refractivity contribution is 7.94. The van der Waals surface area contributed by atoms with Gasteiger partial charge in [-0.05, 0) is 44.5 Å². The van der Waals surface area contributed by atoms with E-state index < -0.39 is 45.9 Å². The Morgan fingerprint density at radius 3 is 2.28 bits per heavy atom. The van der Waals surface area contributed by atoms with Crippen molar-refractivity contribution in [1.29, 1.82) is 0 Å². The quantitative estimate of drug-likeness (QED) is 0.350. The number of ether oxygens (including phenoxy) is 1. The molecule has 0 aliphatic carbocycles. The molecule has 0 radical (unpaired) electrons. The Morgan fingerprint density at radius 1 is 1.22 bits per heavy atom. The monoisotopic (exact) mass is 481 g/mol. The van der Waals surface area contributed by atoms with Gasteiger partial charge in [0.05, 0.1) is 12.5 Å². The first kappa shape index (κ1) is 24.9. The van der Waals surface area contributed by atoms with Crippen LogP contribution < -0.4 is 0 Å². The fourth-order valence-electron chi connectivity index (χ4n) is 4.47. The topological polar surface area (TPSA) is 90.0 Å². The normalized spacial score (nSPS) is 27.4. The van der Waals surface area contributed by atoms with E-state index in [1.54, 1.807) is 6.92 Å². The van der Waals surface area contributed by atoms with Crippen molar-refractivity contribution in [2.45, 2.75) is 94.5 Å². The summed E-state index contributed by atoms with van der Waals surface area (Å²) in [6.07, 6.45) is -0.950. The van der Waals surface area contributed by atoms with Crippen LogP contribution in [0.1, 0.15) is 53.5 Å². The molecule has 7 nitrogen and oxygen atoms in total. The molecule has 1 aromatic rings. The maximum atomic E-state index is 13.8. The van der Waals surface area contributed by atoms with E-state index in [1.807, 2.05) is 43.4 Å². The van der Waals surface area contributed by atoms with Crippen LogP contribution in [-0.4, -0.2) is 55.3 Å². The molecule has 0 spiro atoms. The summed E-state index contributed by atoms with van der Waals surface area (Å²) in [6.45, 7) is 15.0. The Morgan fingerprint density at radius 2 is 1.78 bits per heavy atom. The van der Waals surface area contributed by atoms with Crippen molar-refractivity contribution in [1.82, 2.24) is 4.90 Å². The minimum absolute atomic E-state index is 0.0113. The third-order valence-corrected chi connectivity index (χ3v) is 15.3. The van der Waals surface area contributed by atoms with Gasteiger partial charge in [0.2, 0.25) is 5.91 Å². The van der Waals surface area contributed by atoms with E-state index in [0.717, 1.165) is 5.56 Å². The van der Waals surface area contributed by atoms with Gasteiger partial charge >= 0.3 is 5.97 Å². The lowest BCUT2D eigenvalue weighted by Crippen LogP contribution is -2.72. The largest absolute Gasteiger partial charge is 0.459 e. The smallest absolute Gasteiger partial charge is 0.330 e. The lowest BCUT2D eigenvalue weighted by molar-refractivity contribution is -0.172. The Balaban J connectivity index is 1.95. The fraction of sp³-hybridized carbons (Fsp3) is 0.652. The number of β-lactam (4-membered cyclic amide) rings is 1. The van der Waals surface area contributed by atoms with Crippen molar-refractivity contribution in [3.8, 4) is 0 Å². The van der Waals surface area contributed by atoms with Gasteiger partial charge in [0, 0.05) is 0 Å². The van der Waals surface area contributed by atoms with Crippen LogP contribution in [0, 0.1) is 0 Å². The highest BCUT2D eigenvalue weighted by Crippen LogP contribution is 2.57. The Labute approximate surface area is 192 Å². The number of nitrogens with zero attached hydrogens (tertiary/aromatic N) is 1. The number of benzene rings is 1. The van der Waals surface area contributed by atoms with E-state index in [-0.39, 0.29) is 24.0 Å². The zero-order valence-electron chi connectivity index (χ0n) is 20.3. The molecule has 0 saturated carbocycles. The van der Waals surface area contributed by atoms with Gasteiger partial charge in [-0.25, -0.2) is 13.2 Å². The maximum absolute atomic E-state index is 13.8. The number of amides is 1. The molecule has 2 aliphatic heterocycles. The van der Waals surface area contributed by atoms with Crippen LogP contribution in [0.2, 0.25) is 18.1 Å². The van der Waals surface area contributed by atoms with E-state index >= 15 is 0 Å². The zero-order valence-corrected chi connectivity index (χ0v) is 22.1. The lowest BCUT2D eigenvalue weighted by Gasteiger charge is -2.52. The number of carbonyl (C=O) groups excluding carboxylic acids is 2. The van der Waals surface area contributed by atoms with Gasteiger partial charge in [0.15, 0.2) is 29.1 Å². The first-order chi connectivity index (χ1) is 14.5. The first-order valence-electron chi connectivity index (χ1n) is 11.0. The summed E-state index contributed by atoms with van der Waals surface area (Å²) >= 11 is 0. The molecule has 0 aromatic heterocycles. The molecule has 3 atom stereocenters. The van der Waals surface area contributed by atoms with E-state index in [2.05, 4.69) is 20.8 Å². The van der Waals surface area contributed by atoms with Crippen molar-refractivity contribution >= 4 is 30.0 Å². The van der Waals surface area contributed by atoms with Crippen LogP contribution in [0.4, 0.5) is 0 Å². The number of esters is 1. The Bertz CT molecular complexity index is 1010. The molecule has 1 unspecified atom stereocenters. The van der Waals surface area contributed by atoms with Gasteiger partial charge in [-0.1, -0.05) is 51.1 Å². The summed E-state index contributed by atoms with van der Waals surface area (Å²) in [5.74, 6) is -1.08. The molecule has 9 heteroatoms. The van der Waals surface area contributed by atoms with E-state index in [9.17, 15) is 18.0 Å². The molecule has 3 rings (SSSR count). The average molecular weight is 482 g/mol. The highest BCUT2D eigenvalue weighted by Gasteiger charge is 2.79. The van der Waals surface area contributed by atoms with E-state index in [1.165, 1.54) is 18.7 Å². The van der Waals surface area contributed by atoms with Gasteiger partial charge in [0.25, 0.3) is 0 Å². The minimum Gasteiger partial charge on any atom is -0.459 e. The number of hydrogen-bond acceptors (Lipinski definition) is 6. The average Bonchev–Trinajstić information content (AvgIpc) is 2.77. The summed E-state index contributed by atoms with van der Waals surface area (Å²) in [6, 6.07) is 7.93. The third-order valence-electron chi connectivity index (χ3n) is 7.52. The highest BCUT2D eigenvalue weighted by atomic mass is 32.2. The summed E-state index contributed by atoms with van der Waals surface area (Å²) in [5, 5.41) is -0.137. The minimum atomic E-state index is -3.95. The van der Waals surface area contributed by atoms with Crippen molar-refractivity contribution < 1.29 is 27.2 Å². The molecule has 0 bridgehead atoms. The van der Waals surface area contributed by atoms with Crippen LogP contribution in [0.5, 0.6) is 0 Å². The van der Waals surface area contributed by atoms with Crippen LogP contribution in [-0.2, 0) is 35.2 Å². The molecule has 2 saturated heterocycles. The predicted octanol–water partition coefficient (Wildman–Crippen LogP) is 3.64. The molecule has 2 heterocycles. The molecule has 2 aliphatic rings. The summed E-state index contributed by atoms with van der Waals surface area (Å²) in [5.41, 5.74) is 0.787. The van der Waals surface area contributed by atoms with Gasteiger partial charge in [-0.15, -0.1) is 0 Å². The molecule has 1 amide bonds. The lowest BCUT2D eigenvalue weighted by atomic mass is 9.90. The van der Waals surface area contributed by atoms with Crippen molar-refractivity contribution in [3.63, 3.8) is 0 Å². The molecule has 1 aromatic carbocycles. The van der Waals surface area contributed by atoms with Crippen molar-refractivity contribution in [3.05, 3.63) is 35.9 Å². The molecular weight excluding hydrogens is 446 g/mol. The van der Waals surface area contributed by atoms with Crippen LogP contribution in [0.3, 0.4) is 0 Å². The van der Waals surface area contributed by atoms with Gasteiger partial charge in [-0.3, -0.25) is 4.79 Å². The first-order valence-corrected chi connectivity index (χ1v) is 15.3. The Hall–Kier alpha value is -1.71. The van der Waals surface area contributed by atoms with E-state index in [0.29, 0.717) is 0 Å². The zero-order chi connectivity index (χ0) is 24.3. The Kier molecular flexibility index (Phi) is 5.97. The SMILES string of the molecule is C[C@@H](O[Si](C)(C)C(C)(C)C)C12CC(=O)N1[C@@H](C(=O)OCc1ccccc1)C(C)(C)S2(=O)=O. The standard InChI is InChI=1S/C23H35NO6SSi/c1-16(30-32(7,8)21(2,3)4)23-14-18(25)24(23)19(22(5,6)31(23,27)28)20(26)29-15-17-12-10-9-11-13-17/h9-13,16,19H,14-15H2,1-8H3/t16-,19+,23?/m1/s1. The van der Waals surface area contributed by atoms with Gasteiger partial charge in [-0.2, -0.15) is 0 Å². The summed E-state index contributed by atoms with van der Waals surface area (Å²) in [4.78, 5) is 25.6. The van der Waals surface area contributed by atoms with Crippen LogP contribution >= 0.6 is 0 Å². The molecule has 0 N–H and O–H groups in total. The number of rotatable bonds is 6. The maximum Gasteiger partial charge on any atom is 0.330 e. The predicted molar refractivity (Wildman–Crippen MR) is 125 cm³/mol. The summed E-state index contributed by atoms with van der Waals surface area (Å²) in [7, 11) is -6.29. The second-order valence-electron chi connectivity index (χ2n) is 10.9. The fourth-order valence-corrected chi connectivity index (χ4v) is 8.66. The van der Waals surface area contributed by atoms with Crippen LogP contribution in [0.25, 0.3) is 0 Å². The molecular formula is C23H35NO6SSi. The van der Waals surface area contributed by atoms with Crippen molar-refractivity contribution in [2.75, 3.05) is 0 Å². The van der Waals surface area contributed by atoms with Crippen LogP contribution in [0.15, 0.2) is 30.3 Å². The molecule has 2 fully saturated rings. The van der Waals surface area contributed by atoms with Crippen molar-refractivity contribution in [2.24, 2.45) is 0 Å². The van der Waals surface area contributed by atoms with Gasteiger partial charge in [0.1, 0.15) is 11.4 Å². The number of fused-ring (bicyclic) bond motifs is 1. The third kappa shape index (κ3) is 3.44. The second-order valence-corrected chi connectivity index (χ2v) is 18.4. The number of hydrogen-bond donors (Lipinski definition) is 0.